The zero-order chi connectivity index (χ0) is 19.3. The molecule has 0 aromatic carbocycles. The number of methoxy groups -OCH3 is 1. The van der Waals surface area contributed by atoms with Crippen molar-refractivity contribution < 1.29 is 9.13 Å². The van der Waals surface area contributed by atoms with Crippen LogP contribution >= 0.6 is 0 Å². The Morgan fingerprint density at radius 1 is 1.32 bits per heavy atom. The van der Waals surface area contributed by atoms with Crippen LogP contribution in [-0.4, -0.2) is 46.8 Å². The van der Waals surface area contributed by atoms with E-state index in [1.54, 1.807) is 7.11 Å². The monoisotopic (exact) mass is 381 g/mol. The van der Waals surface area contributed by atoms with Crippen molar-refractivity contribution in [1.82, 2.24) is 19.7 Å². The Morgan fingerprint density at radius 3 is 2.89 bits per heavy atom. The summed E-state index contributed by atoms with van der Waals surface area (Å²) in [5.41, 5.74) is 3.91. The molecule has 2 aliphatic rings. The molecule has 2 atom stereocenters. The first-order chi connectivity index (χ1) is 13.6. The summed E-state index contributed by atoms with van der Waals surface area (Å²) in [6.45, 7) is 3.25. The second kappa shape index (κ2) is 6.44. The van der Waals surface area contributed by atoms with Crippen LogP contribution in [0.2, 0.25) is 0 Å². The summed E-state index contributed by atoms with van der Waals surface area (Å²) in [4.78, 5) is 9.26. The minimum absolute atomic E-state index is 0.170. The summed E-state index contributed by atoms with van der Waals surface area (Å²) in [6, 6.07) is 7.50. The second-order valence-electron chi connectivity index (χ2n) is 8.02. The Hall–Kier alpha value is -2.67. The quantitative estimate of drug-likeness (QED) is 0.711. The average Bonchev–Trinajstić information content (AvgIpc) is 3.12. The van der Waals surface area contributed by atoms with Crippen LogP contribution in [0.3, 0.4) is 0 Å². The Labute approximate surface area is 163 Å². The van der Waals surface area contributed by atoms with Crippen LogP contribution in [0.5, 0.6) is 5.75 Å². The number of hydrogen-bond donors (Lipinski definition) is 2. The number of nitrogens with one attached hydrogen (secondary N) is 2. The third kappa shape index (κ3) is 2.90. The van der Waals surface area contributed by atoms with Crippen LogP contribution in [0.15, 0.2) is 36.7 Å². The van der Waals surface area contributed by atoms with Crippen LogP contribution in [0.4, 0.5) is 10.2 Å². The molecule has 5 rings (SSSR count). The van der Waals surface area contributed by atoms with Gasteiger partial charge in [0.2, 0.25) is 0 Å². The zero-order valence-corrected chi connectivity index (χ0v) is 16.1. The van der Waals surface area contributed by atoms with E-state index in [-0.39, 0.29) is 11.5 Å². The van der Waals surface area contributed by atoms with Gasteiger partial charge in [0, 0.05) is 30.9 Å². The summed E-state index contributed by atoms with van der Waals surface area (Å²) < 4.78 is 21.6. The minimum atomic E-state index is -0.907. The standard InChI is InChI=1S/C21H24FN5O/c1-21(6-7-21)13-12-27-17(11-24-20(27)8-18(13)28-2)15-4-3-5-19(25-15)26-16-10-23-9-14(16)22/h3-5,8,11-12,14,16,23H,6-7,9-10H2,1-2H3,(H,25,26). The maximum atomic E-state index is 13.9. The number of ether oxygens (including phenoxy) is 1. The van der Waals surface area contributed by atoms with Gasteiger partial charge in [-0.1, -0.05) is 13.0 Å². The number of pyridine rings is 2. The van der Waals surface area contributed by atoms with Crippen LogP contribution in [0.25, 0.3) is 17.0 Å². The predicted octanol–water partition coefficient (Wildman–Crippen LogP) is 3.18. The topological polar surface area (TPSA) is 63.5 Å². The normalized spacial score (nSPS) is 23.1. The summed E-state index contributed by atoms with van der Waals surface area (Å²) in [6.07, 6.45) is 5.38. The number of nitrogens with zero attached hydrogens (tertiary/aromatic N) is 3. The molecule has 2 unspecified atom stereocenters. The number of hydrogen-bond acceptors (Lipinski definition) is 5. The van der Waals surface area contributed by atoms with E-state index in [9.17, 15) is 4.39 Å². The Balaban J connectivity index is 1.53. The fourth-order valence-electron chi connectivity index (χ4n) is 3.91. The first-order valence-electron chi connectivity index (χ1n) is 9.72. The highest BCUT2D eigenvalue weighted by Gasteiger charge is 2.41. The van der Waals surface area contributed by atoms with Gasteiger partial charge in [0.25, 0.3) is 0 Å². The molecular weight excluding hydrogens is 357 g/mol. The lowest BCUT2D eigenvalue weighted by Crippen LogP contribution is -2.29. The molecule has 0 spiro atoms. The molecule has 1 saturated heterocycles. The van der Waals surface area contributed by atoms with Gasteiger partial charge in [-0.25, -0.2) is 14.4 Å². The summed E-state index contributed by atoms with van der Waals surface area (Å²) in [5, 5.41) is 6.26. The molecule has 1 aliphatic heterocycles. The first kappa shape index (κ1) is 17.4. The van der Waals surface area contributed by atoms with E-state index in [0.717, 1.165) is 35.6 Å². The second-order valence-corrected chi connectivity index (χ2v) is 8.02. The fourth-order valence-corrected chi connectivity index (χ4v) is 3.91. The highest BCUT2D eigenvalue weighted by molar-refractivity contribution is 5.64. The molecule has 1 aliphatic carbocycles. The van der Waals surface area contributed by atoms with Crippen molar-refractivity contribution in [2.24, 2.45) is 0 Å². The van der Waals surface area contributed by atoms with E-state index in [0.29, 0.717) is 18.9 Å². The molecule has 4 heterocycles. The fraction of sp³-hybridized carbons (Fsp3) is 0.429. The van der Waals surface area contributed by atoms with Crippen LogP contribution in [0, 0.1) is 0 Å². The van der Waals surface area contributed by atoms with E-state index in [1.165, 1.54) is 5.56 Å². The van der Waals surface area contributed by atoms with Gasteiger partial charge in [0.15, 0.2) is 0 Å². The molecular formula is C21H24FN5O. The van der Waals surface area contributed by atoms with E-state index in [1.807, 2.05) is 30.5 Å². The molecule has 0 amide bonds. The maximum absolute atomic E-state index is 13.9. The van der Waals surface area contributed by atoms with Gasteiger partial charge in [-0.15, -0.1) is 0 Å². The van der Waals surface area contributed by atoms with Gasteiger partial charge in [-0.2, -0.15) is 0 Å². The Bertz CT molecular complexity index is 1030. The van der Waals surface area contributed by atoms with Crippen molar-refractivity contribution in [2.45, 2.75) is 37.4 Å². The van der Waals surface area contributed by atoms with Gasteiger partial charge in [-0.05, 0) is 30.4 Å². The van der Waals surface area contributed by atoms with E-state index in [4.69, 9.17) is 9.72 Å². The maximum Gasteiger partial charge on any atom is 0.140 e. The zero-order valence-electron chi connectivity index (χ0n) is 16.1. The molecule has 6 nitrogen and oxygen atoms in total. The van der Waals surface area contributed by atoms with Crippen molar-refractivity contribution >= 4 is 11.5 Å². The van der Waals surface area contributed by atoms with Crippen molar-refractivity contribution in [3.63, 3.8) is 0 Å². The molecule has 28 heavy (non-hydrogen) atoms. The molecule has 3 aromatic rings. The van der Waals surface area contributed by atoms with E-state index >= 15 is 0 Å². The number of fused-ring (bicyclic) bond motifs is 1. The van der Waals surface area contributed by atoms with Crippen LogP contribution in [-0.2, 0) is 5.41 Å². The van der Waals surface area contributed by atoms with Crippen molar-refractivity contribution in [2.75, 3.05) is 25.5 Å². The van der Waals surface area contributed by atoms with Crippen molar-refractivity contribution in [3.05, 3.63) is 42.2 Å². The van der Waals surface area contributed by atoms with E-state index in [2.05, 4.69) is 33.1 Å². The lowest BCUT2D eigenvalue weighted by atomic mass is 9.99. The smallest absolute Gasteiger partial charge is 0.140 e. The lowest BCUT2D eigenvalue weighted by molar-refractivity contribution is 0.342. The number of imidazole rings is 1. The molecule has 2 fully saturated rings. The van der Waals surface area contributed by atoms with E-state index < -0.39 is 6.17 Å². The van der Waals surface area contributed by atoms with Crippen molar-refractivity contribution in [1.29, 1.82) is 0 Å². The van der Waals surface area contributed by atoms with Gasteiger partial charge in [-0.3, -0.25) is 4.40 Å². The molecule has 3 aromatic heterocycles. The average molecular weight is 381 g/mol. The number of aromatic nitrogens is 3. The summed E-state index contributed by atoms with van der Waals surface area (Å²) in [5.74, 6) is 1.56. The van der Waals surface area contributed by atoms with Gasteiger partial charge in [0.05, 0.1) is 30.7 Å². The predicted molar refractivity (Wildman–Crippen MR) is 107 cm³/mol. The Morgan fingerprint density at radius 2 is 2.18 bits per heavy atom. The van der Waals surface area contributed by atoms with Gasteiger partial charge in [0.1, 0.15) is 23.4 Å². The minimum Gasteiger partial charge on any atom is -0.496 e. The molecule has 146 valence electrons. The molecule has 2 N–H and O–H groups in total. The third-order valence-corrected chi connectivity index (χ3v) is 5.96. The SMILES string of the molecule is COc1cc2ncc(-c3cccc(NC4CNCC4F)n3)n2cc1C1(C)CC1. The molecule has 1 saturated carbocycles. The number of rotatable bonds is 5. The lowest BCUT2D eigenvalue weighted by Gasteiger charge is -2.16. The highest BCUT2D eigenvalue weighted by atomic mass is 19.1. The van der Waals surface area contributed by atoms with Crippen LogP contribution in [0.1, 0.15) is 25.3 Å². The Kier molecular flexibility index (Phi) is 4.01. The molecule has 7 heteroatoms. The van der Waals surface area contributed by atoms with Crippen molar-refractivity contribution in [3.8, 4) is 17.1 Å². The van der Waals surface area contributed by atoms with Gasteiger partial charge < -0.3 is 15.4 Å². The highest BCUT2D eigenvalue weighted by Crippen LogP contribution is 2.51. The number of anilines is 1. The van der Waals surface area contributed by atoms with Crippen LogP contribution < -0.4 is 15.4 Å². The number of alkyl halides is 1. The molecule has 0 radical (unpaired) electrons. The number of halogens is 1. The first-order valence-corrected chi connectivity index (χ1v) is 9.72. The largest absolute Gasteiger partial charge is 0.496 e. The van der Waals surface area contributed by atoms with Gasteiger partial charge >= 0.3 is 0 Å². The third-order valence-electron chi connectivity index (χ3n) is 5.96. The summed E-state index contributed by atoms with van der Waals surface area (Å²) >= 11 is 0. The summed E-state index contributed by atoms with van der Waals surface area (Å²) in [7, 11) is 1.71. The molecule has 0 bridgehead atoms.